The molecule has 1 N–H and O–H groups in total. The molecule has 86 valence electrons. The van der Waals surface area contributed by atoms with Crippen molar-refractivity contribution in [1.29, 1.82) is 0 Å². The van der Waals surface area contributed by atoms with E-state index in [4.69, 9.17) is 4.74 Å². The molecule has 3 heteroatoms. The molecule has 0 spiro atoms. The molecule has 0 amide bonds. The highest BCUT2D eigenvalue weighted by atomic mass is 16.5. The summed E-state index contributed by atoms with van der Waals surface area (Å²) < 4.78 is 5.01. The van der Waals surface area contributed by atoms with E-state index >= 15 is 0 Å². The topological polar surface area (TPSA) is 46.5 Å². The molecule has 0 unspecified atom stereocenters. The van der Waals surface area contributed by atoms with E-state index in [0.717, 1.165) is 11.9 Å². The van der Waals surface area contributed by atoms with Gasteiger partial charge >= 0.3 is 0 Å². The molecule has 0 atom stereocenters. The van der Waals surface area contributed by atoms with Crippen LogP contribution in [0.3, 0.4) is 0 Å². The van der Waals surface area contributed by atoms with Crippen LogP contribution in [0.1, 0.15) is 29.8 Å². The van der Waals surface area contributed by atoms with Gasteiger partial charge in [-0.3, -0.25) is 4.79 Å². The van der Waals surface area contributed by atoms with Crippen molar-refractivity contribution in [1.82, 2.24) is 0 Å². The molecule has 0 fully saturated rings. The van der Waals surface area contributed by atoms with Crippen LogP contribution in [-0.2, 0) is 6.42 Å². The Kier molecular flexibility index (Phi) is 4.11. The number of allylic oxidation sites excluding steroid dienone is 2. The van der Waals surface area contributed by atoms with Crippen molar-refractivity contribution in [3.63, 3.8) is 0 Å². The zero-order valence-corrected chi connectivity index (χ0v) is 9.78. The Morgan fingerprint density at radius 3 is 2.62 bits per heavy atom. The minimum absolute atomic E-state index is 0.102. The van der Waals surface area contributed by atoms with Crippen LogP contribution in [0.5, 0.6) is 11.5 Å². The summed E-state index contributed by atoms with van der Waals surface area (Å²) in [6, 6.07) is 3.19. The van der Waals surface area contributed by atoms with Crippen LogP contribution in [0.4, 0.5) is 0 Å². The fraction of sp³-hybridized carbons (Fsp3) is 0.308. The molecule has 0 aromatic heterocycles. The van der Waals surface area contributed by atoms with E-state index in [1.54, 1.807) is 6.07 Å². The van der Waals surface area contributed by atoms with Crippen molar-refractivity contribution in [2.45, 2.75) is 20.3 Å². The molecule has 1 aromatic carbocycles. The number of carbonyl (C=O) groups is 1. The van der Waals surface area contributed by atoms with Gasteiger partial charge < -0.3 is 9.84 Å². The Morgan fingerprint density at radius 2 is 2.12 bits per heavy atom. The van der Waals surface area contributed by atoms with E-state index < -0.39 is 0 Å². The molecule has 3 nitrogen and oxygen atoms in total. The van der Waals surface area contributed by atoms with Crippen molar-refractivity contribution in [3.05, 3.63) is 34.9 Å². The fourth-order valence-electron chi connectivity index (χ4n) is 1.38. The van der Waals surface area contributed by atoms with E-state index in [-0.39, 0.29) is 5.75 Å². The third-order valence-corrected chi connectivity index (χ3v) is 2.26. The Balaban J connectivity index is 3.15. The Bertz CT molecular complexity index is 415. The van der Waals surface area contributed by atoms with Crippen LogP contribution in [0.2, 0.25) is 0 Å². The number of aldehydes is 1. The van der Waals surface area contributed by atoms with Crippen molar-refractivity contribution in [2.75, 3.05) is 7.11 Å². The Hall–Kier alpha value is -1.77. The van der Waals surface area contributed by atoms with Crippen LogP contribution in [-0.4, -0.2) is 18.5 Å². The van der Waals surface area contributed by atoms with Gasteiger partial charge in [0.05, 0.1) is 7.11 Å². The molecule has 1 aromatic rings. The number of methoxy groups -OCH3 is 1. The molecule has 1 rings (SSSR count). The summed E-state index contributed by atoms with van der Waals surface area (Å²) in [6.45, 7) is 3.97. The van der Waals surface area contributed by atoms with E-state index in [1.165, 1.54) is 13.2 Å². The predicted molar refractivity (Wildman–Crippen MR) is 63.2 cm³/mol. The summed E-state index contributed by atoms with van der Waals surface area (Å²) in [5.41, 5.74) is 2.37. The van der Waals surface area contributed by atoms with Gasteiger partial charge in [0.25, 0.3) is 0 Å². The SMILES string of the molecule is COc1cc(C=O)cc(CC=C(C)C)c1O. The summed E-state index contributed by atoms with van der Waals surface area (Å²) in [5, 5.41) is 9.85. The lowest BCUT2D eigenvalue weighted by atomic mass is 10.1. The van der Waals surface area contributed by atoms with Crippen molar-refractivity contribution >= 4 is 6.29 Å². The number of benzene rings is 1. The minimum Gasteiger partial charge on any atom is -0.504 e. The van der Waals surface area contributed by atoms with Gasteiger partial charge in [0, 0.05) is 11.1 Å². The quantitative estimate of drug-likeness (QED) is 0.627. The standard InChI is InChI=1S/C13H16O3/c1-9(2)4-5-11-6-10(8-14)7-12(16-3)13(11)15/h4,6-8,15H,5H2,1-3H3. The molecular formula is C13H16O3. The lowest BCUT2D eigenvalue weighted by molar-refractivity contribution is 0.112. The van der Waals surface area contributed by atoms with E-state index in [2.05, 4.69) is 0 Å². The Morgan fingerprint density at radius 1 is 1.44 bits per heavy atom. The van der Waals surface area contributed by atoms with Crippen molar-refractivity contribution < 1.29 is 14.6 Å². The van der Waals surface area contributed by atoms with Gasteiger partial charge in [-0.1, -0.05) is 11.6 Å². The van der Waals surface area contributed by atoms with Crippen LogP contribution < -0.4 is 4.74 Å². The summed E-state index contributed by atoms with van der Waals surface area (Å²) in [7, 11) is 1.47. The van der Waals surface area contributed by atoms with Crippen molar-refractivity contribution in [2.24, 2.45) is 0 Å². The van der Waals surface area contributed by atoms with E-state index in [9.17, 15) is 9.90 Å². The second kappa shape index (κ2) is 5.35. The number of hydrogen-bond donors (Lipinski definition) is 1. The van der Waals surface area contributed by atoms with Gasteiger partial charge in [0.2, 0.25) is 0 Å². The van der Waals surface area contributed by atoms with Crippen LogP contribution in [0.25, 0.3) is 0 Å². The van der Waals surface area contributed by atoms with Gasteiger partial charge in [-0.25, -0.2) is 0 Å². The second-order valence-corrected chi connectivity index (χ2v) is 3.83. The molecule has 16 heavy (non-hydrogen) atoms. The van der Waals surface area contributed by atoms with Gasteiger partial charge in [-0.15, -0.1) is 0 Å². The first-order valence-electron chi connectivity index (χ1n) is 5.07. The molecule has 0 aliphatic carbocycles. The van der Waals surface area contributed by atoms with Gasteiger partial charge in [-0.05, 0) is 32.4 Å². The number of aromatic hydroxyl groups is 1. The first kappa shape index (κ1) is 12.3. The minimum atomic E-state index is 0.102. The molecular weight excluding hydrogens is 204 g/mol. The average Bonchev–Trinajstić information content (AvgIpc) is 2.27. The maximum Gasteiger partial charge on any atom is 0.161 e. The molecule has 0 saturated carbocycles. The highest BCUT2D eigenvalue weighted by Gasteiger charge is 2.09. The zero-order valence-electron chi connectivity index (χ0n) is 9.78. The summed E-state index contributed by atoms with van der Waals surface area (Å²) in [5.74, 6) is 0.437. The highest BCUT2D eigenvalue weighted by molar-refractivity contribution is 5.77. The maximum atomic E-state index is 10.7. The first-order chi connectivity index (χ1) is 7.58. The maximum absolute atomic E-state index is 10.7. The summed E-state index contributed by atoms with van der Waals surface area (Å²) in [6.07, 6.45) is 3.32. The number of hydrogen-bond acceptors (Lipinski definition) is 3. The third-order valence-electron chi connectivity index (χ3n) is 2.26. The molecule has 0 bridgehead atoms. The number of carbonyl (C=O) groups excluding carboxylic acids is 1. The first-order valence-corrected chi connectivity index (χ1v) is 5.07. The normalized spacial score (nSPS) is 9.69. The summed E-state index contributed by atoms with van der Waals surface area (Å²) in [4.78, 5) is 10.7. The number of phenolic OH excluding ortho intramolecular Hbond substituents is 1. The summed E-state index contributed by atoms with van der Waals surface area (Å²) >= 11 is 0. The fourth-order valence-corrected chi connectivity index (χ4v) is 1.38. The lowest BCUT2D eigenvalue weighted by Crippen LogP contribution is -1.92. The van der Waals surface area contributed by atoms with Crippen LogP contribution >= 0.6 is 0 Å². The van der Waals surface area contributed by atoms with Gasteiger partial charge in [0.1, 0.15) is 6.29 Å². The van der Waals surface area contributed by atoms with Crippen LogP contribution in [0, 0.1) is 0 Å². The van der Waals surface area contributed by atoms with Gasteiger partial charge in [-0.2, -0.15) is 0 Å². The van der Waals surface area contributed by atoms with Crippen molar-refractivity contribution in [3.8, 4) is 11.5 Å². The lowest BCUT2D eigenvalue weighted by Gasteiger charge is -2.08. The molecule has 0 radical (unpaired) electrons. The number of phenols is 1. The smallest absolute Gasteiger partial charge is 0.161 e. The molecule has 0 aliphatic rings. The number of rotatable bonds is 4. The monoisotopic (exact) mass is 220 g/mol. The van der Waals surface area contributed by atoms with Gasteiger partial charge in [0.15, 0.2) is 11.5 Å². The third kappa shape index (κ3) is 2.86. The zero-order chi connectivity index (χ0) is 12.1. The Labute approximate surface area is 95.4 Å². The molecule has 0 aliphatic heterocycles. The largest absolute Gasteiger partial charge is 0.504 e. The van der Waals surface area contributed by atoms with Crippen LogP contribution in [0.15, 0.2) is 23.8 Å². The highest BCUT2D eigenvalue weighted by Crippen LogP contribution is 2.31. The number of ether oxygens (including phenoxy) is 1. The molecule has 0 heterocycles. The molecule has 0 saturated heterocycles. The van der Waals surface area contributed by atoms with E-state index in [1.807, 2.05) is 19.9 Å². The predicted octanol–water partition coefficient (Wildman–Crippen LogP) is 2.72. The average molecular weight is 220 g/mol. The second-order valence-electron chi connectivity index (χ2n) is 3.83. The van der Waals surface area contributed by atoms with E-state index in [0.29, 0.717) is 23.3 Å².